The van der Waals surface area contributed by atoms with Crippen LogP contribution in [0, 0.1) is 0 Å². The summed E-state index contributed by atoms with van der Waals surface area (Å²) in [4.78, 5) is 11.8. The molecule has 4 nitrogen and oxygen atoms in total. The van der Waals surface area contributed by atoms with Crippen LogP contribution >= 0.6 is 28.3 Å². The Morgan fingerprint density at radius 3 is 2.76 bits per heavy atom. The molecule has 0 heterocycles. The molecule has 1 atom stereocenters. The van der Waals surface area contributed by atoms with Crippen LogP contribution in [-0.4, -0.2) is 25.1 Å². The number of hydrogen-bond acceptors (Lipinski definition) is 3. The van der Waals surface area contributed by atoms with E-state index in [0.29, 0.717) is 19.6 Å². The Hall–Kier alpha value is -0.780. The van der Waals surface area contributed by atoms with E-state index < -0.39 is 0 Å². The van der Waals surface area contributed by atoms with E-state index in [1.54, 1.807) is 0 Å². The standard InChI is InChI=1S/C15H23BrN2O2.ClH/c1-2-3-6-12(11-17)18-15(19)9-10-20-14-8-5-4-7-13(14)16;/h4-5,7-8,12H,2-3,6,9-11,17H2,1H3,(H,18,19);1H. The number of carbonyl (C=O) groups is 1. The molecule has 0 spiro atoms. The largest absolute Gasteiger partial charge is 0.492 e. The minimum atomic E-state index is -0.0105. The highest BCUT2D eigenvalue weighted by Crippen LogP contribution is 2.23. The van der Waals surface area contributed by atoms with Crippen LogP contribution in [0.5, 0.6) is 5.75 Å². The van der Waals surface area contributed by atoms with E-state index in [-0.39, 0.29) is 24.4 Å². The van der Waals surface area contributed by atoms with Crippen LogP contribution in [0.25, 0.3) is 0 Å². The molecule has 0 aliphatic carbocycles. The van der Waals surface area contributed by atoms with Crippen LogP contribution in [0.3, 0.4) is 0 Å². The molecule has 120 valence electrons. The van der Waals surface area contributed by atoms with Gasteiger partial charge in [-0.3, -0.25) is 4.79 Å². The van der Waals surface area contributed by atoms with Crippen molar-refractivity contribution in [2.75, 3.05) is 13.2 Å². The number of rotatable bonds is 9. The fourth-order valence-corrected chi connectivity index (χ4v) is 2.21. The highest BCUT2D eigenvalue weighted by Gasteiger charge is 2.10. The van der Waals surface area contributed by atoms with Crippen molar-refractivity contribution in [2.24, 2.45) is 5.73 Å². The van der Waals surface area contributed by atoms with Gasteiger partial charge < -0.3 is 15.8 Å². The number of ether oxygens (including phenoxy) is 1. The van der Waals surface area contributed by atoms with Crippen molar-refractivity contribution in [1.29, 1.82) is 0 Å². The van der Waals surface area contributed by atoms with Gasteiger partial charge in [0.1, 0.15) is 5.75 Å². The third kappa shape index (κ3) is 8.29. The minimum absolute atomic E-state index is 0. The van der Waals surface area contributed by atoms with Gasteiger partial charge in [0.15, 0.2) is 0 Å². The Morgan fingerprint density at radius 2 is 2.14 bits per heavy atom. The van der Waals surface area contributed by atoms with Gasteiger partial charge in [0.25, 0.3) is 0 Å². The molecule has 6 heteroatoms. The summed E-state index contributed by atoms with van der Waals surface area (Å²) in [5.74, 6) is 0.741. The molecule has 1 unspecified atom stereocenters. The van der Waals surface area contributed by atoms with E-state index in [4.69, 9.17) is 10.5 Å². The van der Waals surface area contributed by atoms with Gasteiger partial charge in [0, 0.05) is 12.6 Å². The zero-order chi connectivity index (χ0) is 14.8. The van der Waals surface area contributed by atoms with Gasteiger partial charge in [-0.2, -0.15) is 0 Å². The third-order valence-electron chi connectivity index (χ3n) is 2.98. The van der Waals surface area contributed by atoms with Crippen molar-refractivity contribution in [3.8, 4) is 5.75 Å². The Morgan fingerprint density at radius 1 is 1.43 bits per heavy atom. The van der Waals surface area contributed by atoms with Crippen molar-refractivity contribution in [1.82, 2.24) is 5.32 Å². The molecule has 0 aromatic heterocycles. The van der Waals surface area contributed by atoms with E-state index in [1.165, 1.54) is 0 Å². The lowest BCUT2D eigenvalue weighted by Gasteiger charge is -2.16. The first kappa shape index (κ1) is 20.2. The van der Waals surface area contributed by atoms with E-state index >= 15 is 0 Å². The summed E-state index contributed by atoms with van der Waals surface area (Å²) < 4.78 is 6.46. The molecule has 0 aliphatic rings. The predicted octanol–water partition coefficient (Wildman–Crippen LogP) is 3.27. The highest BCUT2D eigenvalue weighted by atomic mass is 79.9. The Labute approximate surface area is 141 Å². The maximum Gasteiger partial charge on any atom is 0.223 e. The SMILES string of the molecule is CCCCC(CN)NC(=O)CCOc1ccccc1Br.Cl. The quantitative estimate of drug-likeness (QED) is 0.692. The number of halogens is 2. The fraction of sp³-hybridized carbons (Fsp3) is 0.533. The van der Waals surface area contributed by atoms with Crippen LogP contribution in [0.1, 0.15) is 32.6 Å². The van der Waals surface area contributed by atoms with Crippen LogP contribution in [-0.2, 0) is 4.79 Å². The van der Waals surface area contributed by atoms with Crippen LogP contribution < -0.4 is 15.8 Å². The number of carbonyl (C=O) groups excluding carboxylic acids is 1. The first-order valence-electron chi connectivity index (χ1n) is 7.04. The molecule has 3 N–H and O–H groups in total. The molecule has 0 bridgehead atoms. The van der Waals surface area contributed by atoms with Gasteiger partial charge in [-0.15, -0.1) is 12.4 Å². The summed E-state index contributed by atoms with van der Waals surface area (Å²) >= 11 is 3.40. The van der Waals surface area contributed by atoms with Crippen molar-refractivity contribution < 1.29 is 9.53 Å². The summed E-state index contributed by atoms with van der Waals surface area (Å²) in [7, 11) is 0. The molecule has 1 rings (SSSR count). The topological polar surface area (TPSA) is 64.3 Å². The van der Waals surface area contributed by atoms with E-state index in [0.717, 1.165) is 29.5 Å². The molecule has 0 saturated carbocycles. The van der Waals surface area contributed by atoms with E-state index in [1.807, 2.05) is 24.3 Å². The second-order valence-electron chi connectivity index (χ2n) is 4.67. The number of unbranched alkanes of at least 4 members (excludes halogenated alkanes) is 1. The molecular formula is C15H24BrClN2O2. The molecule has 0 saturated heterocycles. The zero-order valence-electron chi connectivity index (χ0n) is 12.3. The van der Waals surface area contributed by atoms with E-state index in [2.05, 4.69) is 28.2 Å². The van der Waals surface area contributed by atoms with Crippen molar-refractivity contribution >= 4 is 34.2 Å². The van der Waals surface area contributed by atoms with Crippen molar-refractivity contribution in [3.05, 3.63) is 28.7 Å². The minimum Gasteiger partial charge on any atom is -0.492 e. The molecule has 21 heavy (non-hydrogen) atoms. The maximum absolute atomic E-state index is 11.8. The average Bonchev–Trinajstić information content (AvgIpc) is 2.45. The van der Waals surface area contributed by atoms with Crippen molar-refractivity contribution in [3.63, 3.8) is 0 Å². The molecule has 0 fully saturated rings. The molecule has 1 aromatic carbocycles. The molecule has 0 aliphatic heterocycles. The number of nitrogens with two attached hydrogens (primary N) is 1. The monoisotopic (exact) mass is 378 g/mol. The molecule has 1 aromatic rings. The summed E-state index contributed by atoms with van der Waals surface area (Å²) in [6.07, 6.45) is 3.46. The van der Waals surface area contributed by atoms with Gasteiger partial charge >= 0.3 is 0 Å². The number of benzene rings is 1. The first-order valence-corrected chi connectivity index (χ1v) is 7.83. The Balaban J connectivity index is 0.00000400. The second-order valence-corrected chi connectivity index (χ2v) is 5.53. The summed E-state index contributed by atoms with van der Waals surface area (Å²) in [6.45, 7) is 2.97. The number of amides is 1. The molecule has 1 amide bonds. The van der Waals surface area contributed by atoms with Gasteiger partial charge in [-0.1, -0.05) is 31.9 Å². The fourth-order valence-electron chi connectivity index (χ4n) is 1.81. The number of hydrogen-bond donors (Lipinski definition) is 2. The lowest BCUT2D eigenvalue weighted by atomic mass is 10.1. The summed E-state index contributed by atoms with van der Waals surface area (Å²) in [5.41, 5.74) is 5.65. The summed E-state index contributed by atoms with van der Waals surface area (Å²) in [5, 5.41) is 2.95. The lowest BCUT2D eigenvalue weighted by Crippen LogP contribution is -2.40. The van der Waals surface area contributed by atoms with E-state index in [9.17, 15) is 4.79 Å². The normalized spacial score (nSPS) is 11.4. The molecule has 0 radical (unpaired) electrons. The highest BCUT2D eigenvalue weighted by molar-refractivity contribution is 9.10. The molecular weight excluding hydrogens is 356 g/mol. The Kier molecular flexibility index (Phi) is 11.4. The smallest absolute Gasteiger partial charge is 0.223 e. The van der Waals surface area contributed by atoms with Crippen LogP contribution in [0.2, 0.25) is 0 Å². The lowest BCUT2D eigenvalue weighted by molar-refractivity contribution is -0.122. The Bertz CT molecular complexity index is 418. The van der Waals surface area contributed by atoms with Gasteiger partial charge in [0.05, 0.1) is 17.5 Å². The van der Waals surface area contributed by atoms with Gasteiger partial charge in [-0.25, -0.2) is 0 Å². The maximum atomic E-state index is 11.8. The zero-order valence-corrected chi connectivity index (χ0v) is 14.7. The number of nitrogens with one attached hydrogen (secondary N) is 1. The average molecular weight is 380 g/mol. The van der Waals surface area contributed by atoms with Gasteiger partial charge in [0.2, 0.25) is 5.91 Å². The number of para-hydroxylation sites is 1. The van der Waals surface area contributed by atoms with Crippen LogP contribution in [0.15, 0.2) is 28.7 Å². The second kappa shape index (κ2) is 11.8. The van der Waals surface area contributed by atoms with Crippen molar-refractivity contribution in [2.45, 2.75) is 38.6 Å². The third-order valence-corrected chi connectivity index (χ3v) is 3.63. The van der Waals surface area contributed by atoms with Gasteiger partial charge in [-0.05, 0) is 34.5 Å². The first-order chi connectivity index (χ1) is 9.67. The predicted molar refractivity (Wildman–Crippen MR) is 92.0 cm³/mol. The summed E-state index contributed by atoms with van der Waals surface area (Å²) in [6, 6.07) is 7.67. The van der Waals surface area contributed by atoms with Crippen LogP contribution in [0.4, 0.5) is 0 Å².